The standard InChI is InChI=1S/C9H13BO3/c1-11-4-9-3-5-6(7(9)12-2)8(10-5)13-9/h6-8H,3-4H2,1-2H3/t6?,7?,8-,9+/m1/s1. The zero-order valence-corrected chi connectivity index (χ0v) is 7.95. The Morgan fingerprint density at radius 1 is 1.62 bits per heavy atom. The van der Waals surface area contributed by atoms with Crippen LogP contribution in [0, 0.1) is 5.92 Å². The Labute approximate surface area is 78.3 Å². The molecule has 2 fully saturated rings. The van der Waals surface area contributed by atoms with Gasteiger partial charge in [-0.2, -0.15) is 0 Å². The summed E-state index contributed by atoms with van der Waals surface area (Å²) in [7, 11) is 3.48. The topological polar surface area (TPSA) is 27.7 Å². The molecule has 70 valence electrons. The van der Waals surface area contributed by atoms with Crippen LogP contribution < -0.4 is 0 Å². The van der Waals surface area contributed by atoms with Crippen molar-refractivity contribution in [1.82, 2.24) is 0 Å². The molecule has 1 saturated carbocycles. The third-order valence-corrected chi connectivity index (χ3v) is 3.52. The molecule has 0 aromatic rings. The van der Waals surface area contributed by atoms with Crippen LogP contribution in [0.25, 0.3) is 0 Å². The van der Waals surface area contributed by atoms with Gasteiger partial charge in [-0.3, -0.25) is 0 Å². The molecule has 0 radical (unpaired) electrons. The Kier molecular flexibility index (Phi) is 1.53. The Hall–Kier alpha value is -0.185. The summed E-state index contributed by atoms with van der Waals surface area (Å²) >= 11 is 0. The molecule has 3 rings (SSSR count). The van der Waals surface area contributed by atoms with Crippen LogP contribution in [0.1, 0.15) is 6.42 Å². The number of fused-ring (bicyclic) bond motifs is 1. The third kappa shape index (κ3) is 0.796. The summed E-state index contributed by atoms with van der Waals surface area (Å²) in [6.45, 7) is 2.87. The first-order chi connectivity index (χ1) is 6.30. The first-order valence-corrected chi connectivity index (χ1v) is 4.71. The summed E-state index contributed by atoms with van der Waals surface area (Å²) < 4.78 is 16.7. The molecule has 2 heterocycles. The molecule has 3 nitrogen and oxygen atoms in total. The Bertz CT molecular complexity index is 278. The minimum atomic E-state index is -0.164. The molecule has 0 aromatic heterocycles. The van der Waals surface area contributed by atoms with Crippen LogP contribution in [0.5, 0.6) is 0 Å². The molecule has 1 aliphatic carbocycles. The first-order valence-electron chi connectivity index (χ1n) is 4.71. The number of hydrogen-bond donors (Lipinski definition) is 0. The van der Waals surface area contributed by atoms with Crippen molar-refractivity contribution in [2.24, 2.45) is 5.92 Å². The van der Waals surface area contributed by atoms with Crippen molar-refractivity contribution in [1.29, 1.82) is 0 Å². The van der Waals surface area contributed by atoms with Crippen molar-refractivity contribution in [3.63, 3.8) is 0 Å². The number of methoxy groups -OCH3 is 2. The summed E-state index contributed by atoms with van der Waals surface area (Å²) in [6, 6.07) is 0.309. The maximum absolute atomic E-state index is 5.93. The summed E-state index contributed by atoms with van der Waals surface area (Å²) in [5.74, 6) is 0.528. The number of ether oxygens (including phenoxy) is 3. The molecule has 2 aliphatic heterocycles. The van der Waals surface area contributed by atoms with E-state index >= 15 is 0 Å². The van der Waals surface area contributed by atoms with E-state index in [2.05, 4.69) is 6.92 Å². The van der Waals surface area contributed by atoms with Crippen molar-refractivity contribution >= 4 is 12.4 Å². The SMILES string of the molecule is COC[C@]12CC3=B[C@H](O1)C3C2OC. The van der Waals surface area contributed by atoms with Crippen molar-refractivity contribution in [2.45, 2.75) is 24.1 Å². The van der Waals surface area contributed by atoms with Gasteiger partial charge in [-0.05, 0) is 0 Å². The zero-order chi connectivity index (χ0) is 9.05. The quantitative estimate of drug-likeness (QED) is 0.555. The Morgan fingerprint density at radius 2 is 2.46 bits per heavy atom. The third-order valence-electron chi connectivity index (χ3n) is 3.52. The van der Waals surface area contributed by atoms with Gasteiger partial charge in [0.1, 0.15) is 0 Å². The fourth-order valence-corrected chi connectivity index (χ4v) is 3.10. The molecule has 0 spiro atoms. The van der Waals surface area contributed by atoms with Gasteiger partial charge < -0.3 is 0 Å². The van der Waals surface area contributed by atoms with Crippen molar-refractivity contribution in [3.8, 4) is 0 Å². The van der Waals surface area contributed by atoms with Gasteiger partial charge in [0.25, 0.3) is 0 Å². The molecule has 2 unspecified atom stereocenters. The van der Waals surface area contributed by atoms with E-state index in [1.807, 2.05) is 0 Å². The van der Waals surface area contributed by atoms with E-state index in [9.17, 15) is 0 Å². The predicted molar refractivity (Wildman–Crippen MR) is 49.1 cm³/mol. The Balaban J connectivity index is 1.93. The zero-order valence-electron chi connectivity index (χ0n) is 7.95. The number of hydrogen-bond acceptors (Lipinski definition) is 3. The van der Waals surface area contributed by atoms with E-state index in [-0.39, 0.29) is 11.7 Å². The van der Waals surface area contributed by atoms with Crippen LogP contribution in [-0.4, -0.2) is 50.9 Å². The van der Waals surface area contributed by atoms with E-state index < -0.39 is 0 Å². The molecule has 0 amide bonds. The molecule has 13 heavy (non-hydrogen) atoms. The van der Waals surface area contributed by atoms with E-state index in [4.69, 9.17) is 14.2 Å². The summed E-state index contributed by atoms with van der Waals surface area (Å²) in [4.78, 5) is 0. The van der Waals surface area contributed by atoms with Gasteiger partial charge in [0.15, 0.2) is 0 Å². The predicted octanol–water partition coefficient (Wildman–Crippen LogP) is -0.347. The first kappa shape index (κ1) is 8.15. The van der Waals surface area contributed by atoms with E-state index in [1.54, 1.807) is 14.2 Å². The molecular formula is C9H13BO3. The maximum atomic E-state index is 5.93. The Morgan fingerprint density at radius 3 is 3.00 bits per heavy atom. The fourth-order valence-electron chi connectivity index (χ4n) is 3.10. The summed E-state index contributed by atoms with van der Waals surface area (Å²) in [5.41, 5.74) is 1.35. The molecule has 3 aliphatic rings. The minimum absolute atomic E-state index is 0.164. The van der Waals surface area contributed by atoms with Crippen LogP contribution in [0.2, 0.25) is 0 Å². The van der Waals surface area contributed by atoms with Crippen LogP contribution >= 0.6 is 0 Å². The summed E-state index contributed by atoms with van der Waals surface area (Å²) in [5, 5.41) is 0. The second-order valence-corrected chi connectivity index (χ2v) is 4.18. The van der Waals surface area contributed by atoms with Gasteiger partial charge in [-0.1, -0.05) is 0 Å². The van der Waals surface area contributed by atoms with Crippen LogP contribution in [-0.2, 0) is 14.2 Å². The van der Waals surface area contributed by atoms with Crippen molar-refractivity contribution < 1.29 is 14.2 Å². The fraction of sp³-hybridized carbons (Fsp3) is 0.889. The average molecular weight is 180 g/mol. The van der Waals surface area contributed by atoms with Gasteiger partial charge >= 0.3 is 77.5 Å². The van der Waals surface area contributed by atoms with Gasteiger partial charge in [0, 0.05) is 0 Å². The molecule has 2 bridgehead atoms. The number of rotatable bonds is 3. The molecule has 1 saturated heterocycles. The normalized spacial score (nSPS) is 50.0. The van der Waals surface area contributed by atoms with E-state index in [0.29, 0.717) is 18.5 Å². The van der Waals surface area contributed by atoms with Gasteiger partial charge in [0.2, 0.25) is 0 Å². The van der Waals surface area contributed by atoms with Crippen molar-refractivity contribution in [2.75, 3.05) is 20.8 Å². The molecule has 4 heteroatoms. The van der Waals surface area contributed by atoms with E-state index in [0.717, 1.165) is 6.42 Å². The second kappa shape index (κ2) is 2.44. The van der Waals surface area contributed by atoms with Crippen LogP contribution in [0.4, 0.5) is 0 Å². The monoisotopic (exact) mass is 180 g/mol. The molecule has 0 N–H and O–H groups in total. The van der Waals surface area contributed by atoms with E-state index in [1.165, 1.54) is 5.46 Å². The average Bonchev–Trinajstić information content (AvgIpc) is 2.49. The molecule has 0 aromatic carbocycles. The second-order valence-electron chi connectivity index (χ2n) is 4.18. The summed E-state index contributed by atoms with van der Waals surface area (Å²) in [6.07, 6.45) is 1.22. The molecular weight excluding hydrogens is 167 g/mol. The molecule has 4 atom stereocenters. The van der Waals surface area contributed by atoms with Gasteiger partial charge in [0.05, 0.1) is 0 Å². The van der Waals surface area contributed by atoms with Gasteiger partial charge in [-0.25, -0.2) is 0 Å². The van der Waals surface area contributed by atoms with Crippen LogP contribution in [0.15, 0.2) is 0 Å². The van der Waals surface area contributed by atoms with Crippen LogP contribution in [0.3, 0.4) is 0 Å². The van der Waals surface area contributed by atoms with Gasteiger partial charge in [-0.15, -0.1) is 0 Å². The van der Waals surface area contributed by atoms with Crippen molar-refractivity contribution in [3.05, 3.63) is 0 Å².